The van der Waals surface area contributed by atoms with Gasteiger partial charge < -0.3 is 9.88 Å². The predicted molar refractivity (Wildman–Crippen MR) is 65.5 cm³/mol. The highest BCUT2D eigenvalue weighted by Crippen LogP contribution is 2.31. The Bertz CT molecular complexity index is 514. The van der Waals surface area contributed by atoms with E-state index in [-0.39, 0.29) is 0 Å². The molecule has 1 N–H and O–H groups in total. The van der Waals surface area contributed by atoms with Gasteiger partial charge in [-0.1, -0.05) is 12.1 Å². The molecule has 3 nitrogen and oxygen atoms in total. The molecule has 0 aliphatic carbocycles. The van der Waals surface area contributed by atoms with Crippen molar-refractivity contribution in [3.8, 4) is 11.4 Å². The van der Waals surface area contributed by atoms with Gasteiger partial charge in [-0.15, -0.1) is 0 Å². The maximum atomic E-state index is 4.47. The molecular formula is C13H15N3. The second-order valence-electron chi connectivity index (χ2n) is 4.05. The topological polar surface area (TPSA) is 29.9 Å². The van der Waals surface area contributed by atoms with Crippen LogP contribution in [0.3, 0.4) is 0 Å². The second kappa shape index (κ2) is 3.67. The van der Waals surface area contributed by atoms with Crippen molar-refractivity contribution >= 4 is 5.69 Å². The van der Waals surface area contributed by atoms with E-state index in [1.54, 1.807) is 0 Å². The summed E-state index contributed by atoms with van der Waals surface area (Å²) in [6, 6.07) is 6.41. The molecule has 2 heterocycles. The summed E-state index contributed by atoms with van der Waals surface area (Å²) in [5, 5.41) is 3.40. The van der Waals surface area contributed by atoms with Gasteiger partial charge in [-0.2, -0.15) is 0 Å². The molecule has 0 saturated carbocycles. The van der Waals surface area contributed by atoms with E-state index in [0.717, 1.165) is 25.3 Å². The van der Waals surface area contributed by atoms with Crippen molar-refractivity contribution in [2.75, 3.05) is 11.9 Å². The number of aromatic nitrogens is 2. The van der Waals surface area contributed by atoms with Crippen molar-refractivity contribution in [2.24, 2.45) is 0 Å². The van der Waals surface area contributed by atoms with Gasteiger partial charge in [-0.25, -0.2) is 4.98 Å². The standard InChI is InChI=1S/C13H15N3/c1-2-16-9-8-15-13(16)11-4-3-5-12-10(11)6-7-14-12/h3-5,8-9,14H,2,6-7H2,1H3. The Morgan fingerprint density at radius 1 is 1.44 bits per heavy atom. The van der Waals surface area contributed by atoms with Crippen molar-refractivity contribution in [3.05, 3.63) is 36.2 Å². The minimum Gasteiger partial charge on any atom is -0.384 e. The van der Waals surface area contributed by atoms with Gasteiger partial charge in [0, 0.05) is 36.7 Å². The molecule has 0 radical (unpaired) electrons. The van der Waals surface area contributed by atoms with E-state index in [0.29, 0.717) is 0 Å². The minimum absolute atomic E-state index is 0.965. The molecule has 0 atom stereocenters. The molecule has 1 aliphatic rings. The molecular weight excluding hydrogens is 198 g/mol. The molecule has 3 heteroatoms. The van der Waals surface area contributed by atoms with Crippen LogP contribution in [0, 0.1) is 0 Å². The zero-order chi connectivity index (χ0) is 11.0. The van der Waals surface area contributed by atoms with E-state index >= 15 is 0 Å². The summed E-state index contributed by atoms with van der Waals surface area (Å²) in [6.45, 7) is 4.15. The molecule has 0 fully saturated rings. The predicted octanol–water partition coefficient (Wildman–Crippen LogP) is 2.54. The summed E-state index contributed by atoms with van der Waals surface area (Å²) < 4.78 is 2.19. The van der Waals surface area contributed by atoms with Gasteiger partial charge in [0.15, 0.2) is 0 Å². The van der Waals surface area contributed by atoms with E-state index in [2.05, 4.69) is 40.0 Å². The normalized spacial score (nSPS) is 13.6. The van der Waals surface area contributed by atoms with E-state index in [4.69, 9.17) is 0 Å². The number of benzene rings is 1. The number of rotatable bonds is 2. The van der Waals surface area contributed by atoms with Crippen LogP contribution < -0.4 is 5.32 Å². The third-order valence-electron chi connectivity index (χ3n) is 3.16. The molecule has 1 aromatic heterocycles. The minimum atomic E-state index is 0.965. The van der Waals surface area contributed by atoms with Crippen molar-refractivity contribution in [2.45, 2.75) is 19.9 Å². The fourth-order valence-corrected chi connectivity index (χ4v) is 2.36. The average molecular weight is 213 g/mol. The molecule has 0 amide bonds. The fraction of sp³-hybridized carbons (Fsp3) is 0.308. The first kappa shape index (κ1) is 9.46. The monoisotopic (exact) mass is 213 g/mol. The largest absolute Gasteiger partial charge is 0.384 e. The summed E-state index contributed by atoms with van der Waals surface area (Å²) in [7, 11) is 0. The van der Waals surface area contributed by atoms with Crippen LogP contribution in [-0.2, 0) is 13.0 Å². The molecule has 1 aliphatic heterocycles. The number of nitrogens with one attached hydrogen (secondary N) is 1. The first-order valence-electron chi connectivity index (χ1n) is 5.77. The summed E-state index contributed by atoms with van der Waals surface area (Å²) in [5.41, 5.74) is 3.95. The van der Waals surface area contributed by atoms with Crippen LogP contribution in [0.4, 0.5) is 5.69 Å². The van der Waals surface area contributed by atoms with Crippen molar-refractivity contribution in [1.29, 1.82) is 0 Å². The second-order valence-corrected chi connectivity index (χ2v) is 4.05. The third-order valence-corrected chi connectivity index (χ3v) is 3.16. The number of hydrogen-bond donors (Lipinski definition) is 1. The SMILES string of the molecule is CCn1ccnc1-c1cccc2c1CCN2. The lowest BCUT2D eigenvalue weighted by molar-refractivity contribution is 0.770. The quantitative estimate of drug-likeness (QED) is 0.830. The Morgan fingerprint density at radius 3 is 3.25 bits per heavy atom. The van der Waals surface area contributed by atoms with E-state index in [1.165, 1.54) is 16.8 Å². The lowest BCUT2D eigenvalue weighted by atomic mass is 10.0. The van der Waals surface area contributed by atoms with Crippen LogP contribution in [0.5, 0.6) is 0 Å². The van der Waals surface area contributed by atoms with Crippen molar-refractivity contribution < 1.29 is 0 Å². The first-order chi connectivity index (χ1) is 7.90. The molecule has 2 aromatic rings. The van der Waals surface area contributed by atoms with Crippen LogP contribution >= 0.6 is 0 Å². The number of fused-ring (bicyclic) bond motifs is 1. The zero-order valence-corrected chi connectivity index (χ0v) is 9.40. The Balaban J connectivity index is 2.17. The number of hydrogen-bond acceptors (Lipinski definition) is 2. The highest BCUT2D eigenvalue weighted by atomic mass is 15.1. The summed E-state index contributed by atoms with van der Waals surface area (Å²) in [5.74, 6) is 1.09. The third kappa shape index (κ3) is 1.32. The summed E-state index contributed by atoms with van der Waals surface area (Å²) in [4.78, 5) is 4.47. The van der Waals surface area contributed by atoms with Gasteiger partial charge in [-0.05, 0) is 25.0 Å². The van der Waals surface area contributed by atoms with E-state index in [9.17, 15) is 0 Å². The van der Waals surface area contributed by atoms with Crippen LogP contribution in [0.25, 0.3) is 11.4 Å². The molecule has 3 rings (SSSR count). The highest BCUT2D eigenvalue weighted by molar-refractivity contribution is 5.72. The number of aryl methyl sites for hydroxylation is 1. The molecule has 0 saturated heterocycles. The Hall–Kier alpha value is -1.77. The summed E-state index contributed by atoms with van der Waals surface area (Å²) in [6.07, 6.45) is 5.01. The summed E-state index contributed by atoms with van der Waals surface area (Å²) >= 11 is 0. The van der Waals surface area contributed by atoms with Gasteiger partial charge in [0.1, 0.15) is 5.82 Å². The smallest absolute Gasteiger partial charge is 0.140 e. The van der Waals surface area contributed by atoms with Gasteiger partial charge in [0.2, 0.25) is 0 Å². The maximum absolute atomic E-state index is 4.47. The number of imidazole rings is 1. The van der Waals surface area contributed by atoms with Gasteiger partial charge in [-0.3, -0.25) is 0 Å². The number of nitrogens with zero attached hydrogens (tertiary/aromatic N) is 2. The van der Waals surface area contributed by atoms with E-state index < -0.39 is 0 Å². The van der Waals surface area contributed by atoms with Gasteiger partial charge in [0.25, 0.3) is 0 Å². The lowest BCUT2D eigenvalue weighted by Gasteiger charge is -2.09. The van der Waals surface area contributed by atoms with Crippen LogP contribution in [0.15, 0.2) is 30.6 Å². The highest BCUT2D eigenvalue weighted by Gasteiger charge is 2.17. The molecule has 0 spiro atoms. The van der Waals surface area contributed by atoms with Gasteiger partial charge >= 0.3 is 0 Å². The zero-order valence-electron chi connectivity index (χ0n) is 9.40. The maximum Gasteiger partial charge on any atom is 0.140 e. The van der Waals surface area contributed by atoms with Crippen molar-refractivity contribution in [1.82, 2.24) is 9.55 Å². The first-order valence-corrected chi connectivity index (χ1v) is 5.77. The molecule has 0 unspecified atom stereocenters. The fourth-order valence-electron chi connectivity index (χ4n) is 2.36. The van der Waals surface area contributed by atoms with Crippen LogP contribution in [0.2, 0.25) is 0 Å². The molecule has 0 bridgehead atoms. The number of anilines is 1. The Kier molecular flexibility index (Phi) is 2.17. The van der Waals surface area contributed by atoms with Gasteiger partial charge in [0.05, 0.1) is 0 Å². The Labute approximate surface area is 95.1 Å². The van der Waals surface area contributed by atoms with E-state index in [1.807, 2.05) is 12.4 Å². The van der Waals surface area contributed by atoms with Crippen molar-refractivity contribution in [3.63, 3.8) is 0 Å². The van der Waals surface area contributed by atoms with Crippen LogP contribution in [0.1, 0.15) is 12.5 Å². The molecule has 1 aromatic carbocycles. The van der Waals surface area contributed by atoms with Crippen LogP contribution in [-0.4, -0.2) is 16.1 Å². The molecule has 82 valence electrons. The average Bonchev–Trinajstić information content (AvgIpc) is 2.96. The molecule has 16 heavy (non-hydrogen) atoms. The lowest BCUT2D eigenvalue weighted by Crippen LogP contribution is -1.98. The Morgan fingerprint density at radius 2 is 2.38 bits per heavy atom.